The van der Waals surface area contributed by atoms with Crippen molar-refractivity contribution in [3.05, 3.63) is 0 Å². The van der Waals surface area contributed by atoms with E-state index >= 15 is 0 Å². The number of rotatable bonds is 1. The van der Waals surface area contributed by atoms with Crippen molar-refractivity contribution >= 4 is 52.1 Å². The second-order valence-corrected chi connectivity index (χ2v) is 0.747. The van der Waals surface area contributed by atoms with Gasteiger partial charge in [-0.05, 0) is 0 Å². The summed E-state index contributed by atoms with van der Waals surface area (Å²) in [6.07, 6.45) is 0.222. The van der Waals surface area contributed by atoms with Gasteiger partial charge in [-0.3, -0.25) is 4.79 Å². The summed E-state index contributed by atoms with van der Waals surface area (Å²) in [6, 6.07) is 0. The minimum Gasteiger partial charge on any atom is -0.481 e. The van der Waals surface area contributed by atoms with Gasteiger partial charge in [0.15, 0.2) is 0 Å². The summed E-state index contributed by atoms with van der Waals surface area (Å²) in [4.78, 5) is 9.37. The van der Waals surface area contributed by atoms with Crippen LogP contribution in [-0.4, -0.2) is 57.2 Å². The molecule has 0 saturated carbocycles. The standard InChI is InChI=1S/C3H6O2.2Mg.4H/c1-2-3(4)5;;;;;;/h2H2,1H3,(H,4,5);;;;;;. The highest BCUT2D eigenvalue weighted by atomic mass is 24.3. The minimum atomic E-state index is -0.745. The van der Waals surface area contributed by atoms with Crippen molar-refractivity contribution in [2.75, 3.05) is 0 Å². The van der Waals surface area contributed by atoms with Gasteiger partial charge in [-0.2, -0.15) is 0 Å². The third-order valence-electron chi connectivity index (χ3n) is 0.302. The van der Waals surface area contributed by atoms with Gasteiger partial charge in [0, 0.05) is 6.42 Å². The molecule has 0 aromatic carbocycles. The Bertz CT molecular complexity index is 46.2. The van der Waals surface area contributed by atoms with E-state index in [1.54, 1.807) is 6.92 Å². The number of hydrogen-bond acceptors (Lipinski definition) is 1. The molecule has 0 radical (unpaired) electrons. The van der Waals surface area contributed by atoms with Crippen molar-refractivity contribution in [1.29, 1.82) is 0 Å². The molecule has 0 unspecified atom stereocenters. The van der Waals surface area contributed by atoms with Crippen LogP contribution < -0.4 is 0 Å². The molecule has 2 nitrogen and oxygen atoms in total. The Hall–Kier alpha value is 1.00. The molecule has 0 heterocycles. The molecular weight excluding hydrogens is 117 g/mol. The summed E-state index contributed by atoms with van der Waals surface area (Å²) in [7, 11) is 0. The highest BCUT2D eigenvalue weighted by Crippen LogP contribution is 1.67. The van der Waals surface area contributed by atoms with E-state index in [4.69, 9.17) is 5.11 Å². The van der Waals surface area contributed by atoms with Crippen LogP contribution in [-0.2, 0) is 4.79 Å². The van der Waals surface area contributed by atoms with Gasteiger partial charge in [0.25, 0.3) is 0 Å². The highest BCUT2D eigenvalue weighted by molar-refractivity contribution is 5.76. The number of carboxylic acid groups (broad SMARTS) is 1. The fraction of sp³-hybridized carbons (Fsp3) is 0.667. The zero-order valence-corrected chi connectivity index (χ0v) is 3.06. The largest absolute Gasteiger partial charge is 0.481 e. The predicted molar refractivity (Wildman–Crippen MR) is 35.0 cm³/mol. The quantitative estimate of drug-likeness (QED) is 0.442. The van der Waals surface area contributed by atoms with E-state index in [1.165, 1.54) is 0 Å². The summed E-state index contributed by atoms with van der Waals surface area (Å²) < 4.78 is 0. The summed E-state index contributed by atoms with van der Waals surface area (Å²) in [5.41, 5.74) is 0. The van der Waals surface area contributed by atoms with Crippen LogP contribution >= 0.6 is 0 Å². The summed E-state index contributed by atoms with van der Waals surface area (Å²) in [5.74, 6) is -0.745. The van der Waals surface area contributed by atoms with Gasteiger partial charge in [0.05, 0.1) is 0 Å². The van der Waals surface area contributed by atoms with Crippen LogP contribution in [0.2, 0.25) is 0 Å². The Labute approximate surface area is 75.0 Å². The van der Waals surface area contributed by atoms with E-state index < -0.39 is 5.97 Å². The van der Waals surface area contributed by atoms with Crippen LogP contribution in [0.25, 0.3) is 0 Å². The lowest BCUT2D eigenvalue weighted by Crippen LogP contribution is -1.86. The van der Waals surface area contributed by atoms with Gasteiger partial charge in [-0.15, -0.1) is 0 Å². The summed E-state index contributed by atoms with van der Waals surface area (Å²) >= 11 is 0. The maximum Gasteiger partial charge on any atom is 0.316 e. The fourth-order valence-corrected chi connectivity index (χ4v) is 0. The molecule has 0 rings (SSSR count). The maximum atomic E-state index is 9.37. The lowest BCUT2D eigenvalue weighted by Gasteiger charge is -1.71. The molecule has 7 heavy (non-hydrogen) atoms. The first-order valence-electron chi connectivity index (χ1n) is 1.49. The molecule has 0 aromatic rings. The van der Waals surface area contributed by atoms with Crippen LogP contribution in [0.15, 0.2) is 0 Å². The molecule has 0 aliphatic rings. The maximum absolute atomic E-state index is 9.37. The number of carbonyl (C=O) groups is 1. The van der Waals surface area contributed by atoms with Gasteiger partial charge in [-0.1, -0.05) is 6.92 Å². The Kier molecular flexibility index (Phi) is 22.6. The molecule has 0 bridgehead atoms. The molecule has 0 aliphatic heterocycles. The van der Waals surface area contributed by atoms with Crippen LogP contribution in [0, 0.1) is 0 Å². The van der Waals surface area contributed by atoms with Crippen molar-refractivity contribution in [2.45, 2.75) is 13.3 Å². The minimum absolute atomic E-state index is 0. The third kappa shape index (κ3) is 19.4. The monoisotopic (exact) mass is 126 g/mol. The molecule has 0 spiro atoms. The zero-order chi connectivity index (χ0) is 4.28. The molecule has 38 valence electrons. The third-order valence-corrected chi connectivity index (χ3v) is 0.302. The van der Waals surface area contributed by atoms with Crippen LogP contribution in [0.1, 0.15) is 13.3 Å². The van der Waals surface area contributed by atoms with Crippen LogP contribution in [0.5, 0.6) is 0 Å². The molecule has 0 atom stereocenters. The van der Waals surface area contributed by atoms with Crippen LogP contribution in [0.4, 0.5) is 0 Å². The first-order chi connectivity index (χ1) is 2.27. The average molecular weight is 127 g/mol. The number of aliphatic carboxylic acids is 1. The Balaban J connectivity index is -0.0000000800. The number of hydrogen-bond donors (Lipinski definition) is 1. The molecule has 0 saturated heterocycles. The lowest BCUT2D eigenvalue weighted by molar-refractivity contribution is -0.136. The Morgan fingerprint density at radius 2 is 1.71 bits per heavy atom. The summed E-state index contributed by atoms with van der Waals surface area (Å²) in [6.45, 7) is 1.60. The van der Waals surface area contributed by atoms with Gasteiger partial charge >= 0.3 is 52.1 Å². The van der Waals surface area contributed by atoms with E-state index in [2.05, 4.69) is 0 Å². The molecule has 0 fully saturated rings. The average Bonchev–Trinajstić information content (AvgIpc) is 1.38. The van der Waals surface area contributed by atoms with Crippen molar-refractivity contribution in [1.82, 2.24) is 0 Å². The SMILES string of the molecule is CCC(=O)O.[MgH2].[MgH2]. The Morgan fingerprint density at radius 1 is 1.57 bits per heavy atom. The highest BCUT2D eigenvalue weighted by Gasteiger charge is 1.80. The molecule has 0 aliphatic carbocycles. The van der Waals surface area contributed by atoms with E-state index in [-0.39, 0.29) is 52.5 Å². The molecule has 4 heteroatoms. The van der Waals surface area contributed by atoms with E-state index in [0.29, 0.717) is 0 Å². The van der Waals surface area contributed by atoms with Gasteiger partial charge < -0.3 is 5.11 Å². The fourth-order valence-electron chi connectivity index (χ4n) is 0. The summed E-state index contributed by atoms with van der Waals surface area (Å²) in [5, 5.41) is 7.72. The van der Waals surface area contributed by atoms with Gasteiger partial charge in [0.1, 0.15) is 0 Å². The topological polar surface area (TPSA) is 37.3 Å². The first kappa shape index (κ1) is 15.7. The van der Waals surface area contributed by atoms with Crippen LogP contribution in [0.3, 0.4) is 0 Å². The zero-order valence-electron chi connectivity index (χ0n) is 3.06. The van der Waals surface area contributed by atoms with Gasteiger partial charge in [0.2, 0.25) is 0 Å². The smallest absolute Gasteiger partial charge is 0.316 e. The molecule has 0 amide bonds. The number of carboxylic acids is 1. The van der Waals surface area contributed by atoms with E-state index in [0.717, 1.165) is 0 Å². The predicted octanol–water partition coefficient (Wildman–Crippen LogP) is -1.35. The van der Waals surface area contributed by atoms with Gasteiger partial charge in [-0.25, -0.2) is 0 Å². The van der Waals surface area contributed by atoms with Crippen molar-refractivity contribution in [3.63, 3.8) is 0 Å². The van der Waals surface area contributed by atoms with E-state index in [9.17, 15) is 4.79 Å². The normalized spacial score (nSPS) is 5.29. The first-order valence-corrected chi connectivity index (χ1v) is 1.49. The van der Waals surface area contributed by atoms with E-state index in [1.807, 2.05) is 0 Å². The second-order valence-electron chi connectivity index (χ2n) is 0.747. The van der Waals surface area contributed by atoms with Crippen molar-refractivity contribution < 1.29 is 9.90 Å². The lowest BCUT2D eigenvalue weighted by atomic mass is 10.5. The van der Waals surface area contributed by atoms with Crippen molar-refractivity contribution in [2.24, 2.45) is 0 Å². The molecule has 1 N–H and O–H groups in total. The molecular formula is C3H10Mg2O2. The van der Waals surface area contributed by atoms with Crippen molar-refractivity contribution in [3.8, 4) is 0 Å². The Morgan fingerprint density at radius 3 is 1.71 bits per heavy atom. The second kappa shape index (κ2) is 10.1. The molecule has 0 aromatic heterocycles.